The summed E-state index contributed by atoms with van der Waals surface area (Å²) in [6.45, 7) is 2.23. The number of nitrogens with one attached hydrogen (secondary N) is 2. The molecule has 172 valence electrons. The second kappa shape index (κ2) is 11.4. The first-order chi connectivity index (χ1) is 15.5. The summed E-state index contributed by atoms with van der Waals surface area (Å²) >= 11 is 0. The van der Waals surface area contributed by atoms with Crippen molar-refractivity contribution in [2.45, 2.75) is 19.3 Å². The molecular weight excluding hydrogens is 410 g/mol. The van der Waals surface area contributed by atoms with Gasteiger partial charge in [-0.05, 0) is 38.1 Å². The predicted octanol–water partition coefficient (Wildman–Crippen LogP) is 3.39. The lowest BCUT2D eigenvalue weighted by molar-refractivity contribution is -0.121. The molecule has 0 unspecified atom stereocenters. The Morgan fingerprint density at radius 1 is 0.906 bits per heavy atom. The van der Waals surface area contributed by atoms with E-state index in [0.717, 1.165) is 31.6 Å². The molecule has 0 atom stereocenters. The van der Waals surface area contributed by atoms with Crippen LogP contribution in [0.3, 0.4) is 0 Å². The third kappa shape index (κ3) is 6.13. The van der Waals surface area contributed by atoms with E-state index in [-0.39, 0.29) is 17.7 Å². The van der Waals surface area contributed by atoms with Gasteiger partial charge in [-0.25, -0.2) is 0 Å². The molecule has 2 N–H and O–H groups in total. The number of carbonyl (C=O) groups excluding carboxylic acids is 2. The van der Waals surface area contributed by atoms with E-state index in [2.05, 4.69) is 15.5 Å². The Bertz CT molecular complexity index is 886. The molecule has 0 aliphatic carbocycles. The molecule has 0 bridgehead atoms. The van der Waals surface area contributed by atoms with E-state index in [4.69, 9.17) is 14.2 Å². The van der Waals surface area contributed by atoms with E-state index in [0.29, 0.717) is 35.9 Å². The molecule has 0 radical (unpaired) electrons. The molecular formula is C24H31N3O5. The minimum Gasteiger partial charge on any atom is -0.493 e. The number of para-hydroxylation sites is 1. The summed E-state index contributed by atoms with van der Waals surface area (Å²) < 4.78 is 16.0. The van der Waals surface area contributed by atoms with Crippen molar-refractivity contribution in [2.75, 3.05) is 51.6 Å². The van der Waals surface area contributed by atoms with Gasteiger partial charge in [-0.3, -0.25) is 9.59 Å². The van der Waals surface area contributed by atoms with Crippen molar-refractivity contribution in [1.29, 1.82) is 0 Å². The third-order valence-corrected chi connectivity index (χ3v) is 5.60. The van der Waals surface area contributed by atoms with Crippen molar-refractivity contribution in [3.05, 3.63) is 42.5 Å². The van der Waals surface area contributed by atoms with Crippen LogP contribution in [0.25, 0.3) is 0 Å². The van der Waals surface area contributed by atoms with Crippen LogP contribution in [-0.2, 0) is 9.59 Å². The number of methoxy groups -OCH3 is 3. The number of carbonyl (C=O) groups is 2. The number of anilines is 2. The Morgan fingerprint density at radius 2 is 1.53 bits per heavy atom. The summed E-state index contributed by atoms with van der Waals surface area (Å²) in [4.78, 5) is 27.2. The van der Waals surface area contributed by atoms with Gasteiger partial charge >= 0.3 is 0 Å². The highest BCUT2D eigenvalue weighted by Crippen LogP contribution is 2.39. The van der Waals surface area contributed by atoms with Gasteiger partial charge in [-0.1, -0.05) is 18.2 Å². The highest BCUT2D eigenvalue weighted by molar-refractivity contribution is 5.93. The summed E-state index contributed by atoms with van der Waals surface area (Å²) in [5.41, 5.74) is 1.41. The molecule has 32 heavy (non-hydrogen) atoms. The van der Waals surface area contributed by atoms with E-state index >= 15 is 0 Å². The summed E-state index contributed by atoms with van der Waals surface area (Å²) in [6, 6.07) is 12.9. The number of rotatable bonds is 9. The number of ether oxygens (including phenoxy) is 3. The molecule has 0 saturated carbocycles. The Labute approximate surface area is 188 Å². The normalized spacial score (nSPS) is 14.5. The number of amides is 2. The van der Waals surface area contributed by atoms with Crippen LogP contribution >= 0.6 is 0 Å². The Balaban J connectivity index is 1.45. The van der Waals surface area contributed by atoms with Gasteiger partial charge < -0.3 is 29.7 Å². The Hall–Kier alpha value is -3.26. The van der Waals surface area contributed by atoms with Crippen molar-refractivity contribution >= 4 is 23.2 Å². The molecule has 1 aliphatic heterocycles. The molecule has 8 nitrogen and oxygen atoms in total. The van der Waals surface area contributed by atoms with E-state index in [1.54, 1.807) is 12.1 Å². The zero-order valence-electron chi connectivity index (χ0n) is 18.8. The summed E-state index contributed by atoms with van der Waals surface area (Å²) in [5, 5.41) is 5.87. The fraction of sp³-hybridized carbons (Fsp3) is 0.417. The fourth-order valence-corrected chi connectivity index (χ4v) is 3.82. The van der Waals surface area contributed by atoms with E-state index in [1.807, 2.05) is 30.3 Å². The minimum atomic E-state index is -0.0942. The minimum absolute atomic E-state index is 0.000452. The standard InChI is InChI=1S/C24H31N3O5/c1-30-20-15-19(16-21(31-2)23(20)32-3)25-22(28)11-14-27-12-9-17(10-13-27)24(29)26-18-7-5-4-6-8-18/h4-8,15-17H,9-14H2,1-3H3,(H,25,28)(H,26,29). The molecule has 3 rings (SSSR count). The summed E-state index contributed by atoms with van der Waals surface area (Å²) in [7, 11) is 4.60. The van der Waals surface area contributed by atoms with Gasteiger partial charge in [0.15, 0.2) is 11.5 Å². The third-order valence-electron chi connectivity index (χ3n) is 5.60. The quantitative estimate of drug-likeness (QED) is 0.620. The van der Waals surface area contributed by atoms with Crippen LogP contribution in [0.15, 0.2) is 42.5 Å². The van der Waals surface area contributed by atoms with Gasteiger partial charge in [0, 0.05) is 42.4 Å². The first-order valence-electron chi connectivity index (χ1n) is 10.7. The van der Waals surface area contributed by atoms with Gasteiger partial charge in [-0.2, -0.15) is 0 Å². The topological polar surface area (TPSA) is 89.1 Å². The van der Waals surface area contributed by atoms with Crippen LogP contribution in [0.5, 0.6) is 17.2 Å². The second-order valence-corrected chi connectivity index (χ2v) is 7.68. The van der Waals surface area contributed by atoms with Crippen molar-refractivity contribution in [1.82, 2.24) is 4.90 Å². The Morgan fingerprint density at radius 3 is 2.09 bits per heavy atom. The number of hydrogen-bond acceptors (Lipinski definition) is 6. The van der Waals surface area contributed by atoms with Crippen molar-refractivity contribution in [2.24, 2.45) is 5.92 Å². The molecule has 1 saturated heterocycles. The largest absolute Gasteiger partial charge is 0.493 e. The van der Waals surface area contributed by atoms with Gasteiger partial charge in [0.05, 0.1) is 21.3 Å². The maximum absolute atomic E-state index is 12.5. The van der Waals surface area contributed by atoms with E-state index < -0.39 is 0 Å². The van der Waals surface area contributed by atoms with E-state index in [1.165, 1.54) is 21.3 Å². The van der Waals surface area contributed by atoms with Crippen LogP contribution in [0.2, 0.25) is 0 Å². The van der Waals surface area contributed by atoms with Gasteiger partial charge in [0.1, 0.15) is 0 Å². The highest BCUT2D eigenvalue weighted by atomic mass is 16.5. The monoisotopic (exact) mass is 441 g/mol. The molecule has 0 spiro atoms. The second-order valence-electron chi connectivity index (χ2n) is 7.68. The summed E-state index contributed by atoms with van der Waals surface area (Å²) in [6.07, 6.45) is 1.93. The molecule has 1 aliphatic rings. The molecule has 2 amide bonds. The highest BCUT2D eigenvalue weighted by Gasteiger charge is 2.25. The fourth-order valence-electron chi connectivity index (χ4n) is 3.82. The number of hydrogen-bond donors (Lipinski definition) is 2. The molecule has 1 heterocycles. The lowest BCUT2D eigenvalue weighted by Gasteiger charge is -2.31. The Kier molecular flexibility index (Phi) is 8.33. The number of piperidine rings is 1. The van der Waals surface area contributed by atoms with Crippen LogP contribution in [0.1, 0.15) is 19.3 Å². The number of benzene rings is 2. The molecule has 8 heteroatoms. The zero-order chi connectivity index (χ0) is 22.9. The molecule has 2 aromatic rings. The van der Waals surface area contributed by atoms with Crippen molar-refractivity contribution < 1.29 is 23.8 Å². The average Bonchev–Trinajstić information content (AvgIpc) is 2.83. The van der Waals surface area contributed by atoms with Crippen LogP contribution in [0, 0.1) is 5.92 Å². The SMILES string of the molecule is COc1cc(NC(=O)CCN2CCC(C(=O)Nc3ccccc3)CC2)cc(OC)c1OC. The molecule has 1 fully saturated rings. The zero-order valence-corrected chi connectivity index (χ0v) is 18.8. The number of nitrogens with zero attached hydrogens (tertiary/aromatic N) is 1. The average molecular weight is 442 g/mol. The van der Waals surface area contributed by atoms with Gasteiger partial charge in [0.2, 0.25) is 17.6 Å². The summed E-state index contributed by atoms with van der Waals surface area (Å²) in [5.74, 6) is 1.42. The van der Waals surface area contributed by atoms with E-state index in [9.17, 15) is 9.59 Å². The van der Waals surface area contributed by atoms with Crippen LogP contribution in [0.4, 0.5) is 11.4 Å². The maximum Gasteiger partial charge on any atom is 0.227 e. The molecule has 0 aromatic heterocycles. The first kappa shape index (κ1) is 23.4. The predicted molar refractivity (Wildman–Crippen MR) is 124 cm³/mol. The smallest absolute Gasteiger partial charge is 0.227 e. The van der Waals surface area contributed by atoms with Crippen molar-refractivity contribution in [3.8, 4) is 17.2 Å². The molecule has 2 aromatic carbocycles. The lowest BCUT2D eigenvalue weighted by Crippen LogP contribution is -2.39. The van der Waals surface area contributed by atoms with Crippen molar-refractivity contribution in [3.63, 3.8) is 0 Å². The van der Waals surface area contributed by atoms with Gasteiger partial charge in [-0.15, -0.1) is 0 Å². The maximum atomic E-state index is 12.5. The van der Waals surface area contributed by atoms with Crippen LogP contribution in [-0.4, -0.2) is 57.7 Å². The van der Waals surface area contributed by atoms with Crippen LogP contribution < -0.4 is 24.8 Å². The number of likely N-dealkylation sites (tertiary alicyclic amines) is 1. The van der Waals surface area contributed by atoms with Gasteiger partial charge in [0.25, 0.3) is 0 Å². The first-order valence-corrected chi connectivity index (χ1v) is 10.7. The lowest BCUT2D eigenvalue weighted by atomic mass is 9.95.